The summed E-state index contributed by atoms with van der Waals surface area (Å²) < 4.78 is 0. The minimum atomic E-state index is 0.282. The predicted molar refractivity (Wildman–Crippen MR) is 67.3 cm³/mol. The van der Waals surface area contributed by atoms with Crippen molar-refractivity contribution in [2.24, 2.45) is 11.7 Å². The molecule has 1 nitrogen and oxygen atoms in total. The average Bonchev–Trinajstić information content (AvgIpc) is 2.19. The van der Waals surface area contributed by atoms with Gasteiger partial charge in [-0.25, -0.2) is 0 Å². The highest BCUT2D eigenvalue weighted by Gasteiger charge is 2.07. The van der Waals surface area contributed by atoms with Crippen molar-refractivity contribution in [1.82, 2.24) is 0 Å². The van der Waals surface area contributed by atoms with E-state index in [-0.39, 0.29) is 6.04 Å². The largest absolute Gasteiger partial charge is 0.327 e. The number of hydrogen-bond donors (Lipinski definition) is 1. The molecule has 1 aromatic rings. The van der Waals surface area contributed by atoms with Gasteiger partial charge in [0.25, 0.3) is 0 Å². The zero-order valence-corrected chi connectivity index (χ0v) is 10.5. The number of hydrogen-bond acceptors (Lipinski definition) is 1. The number of rotatable bonds is 4. The van der Waals surface area contributed by atoms with Crippen LogP contribution in [0.1, 0.15) is 31.4 Å². The van der Waals surface area contributed by atoms with Crippen LogP contribution in [-0.2, 0) is 6.42 Å². The van der Waals surface area contributed by atoms with Crippen molar-refractivity contribution in [1.29, 1.82) is 0 Å². The van der Waals surface area contributed by atoms with E-state index in [0.717, 1.165) is 23.4 Å². The van der Waals surface area contributed by atoms with Crippen LogP contribution in [0, 0.1) is 12.8 Å². The van der Waals surface area contributed by atoms with Crippen LogP contribution in [0.2, 0.25) is 5.02 Å². The van der Waals surface area contributed by atoms with Gasteiger partial charge in [-0.15, -0.1) is 0 Å². The molecule has 2 heteroatoms. The molecule has 1 unspecified atom stereocenters. The van der Waals surface area contributed by atoms with E-state index in [4.69, 9.17) is 17.3 Å². The molecule has 0 aliphatic rings. The molecule has 0 spiro atoms. The SMILES string of the molecule is Cc1ccc(CCC(N)C(C)C)cc1Cl. The molecular weight excluding hydrogens is 206 g/mol. The van der Waals surface area contributed by atoms with Gasteiger partial charge in [0, 0.05) is 11.1 Å². The van der Waals surface area contributed by atoms with Gasteiger partial charge < -0.3 is 5.73 Å². The van der Waals surface area contributed by atoms with Crippen molar-refractivity contribution in [3.63, 3.8) is 0 Å². The Morgan fingerprint density at radius 1 is 1.33 bits per heavy atom. The Hall–Kier alpha value is -0.530. The van der Waals surface area contributed by atoms with Crippen LogP contribution < -0.4 is 5.73 Å². The molecule has 0 heterocycles. The van der Waals surface area contributed by atoms with Crippen LogP contribution in [0.3, 0.4) is 0 Å². The smallest absolute Gasteiger partial charge is 0.0437 e. The minimum Gasteiger partial charge on any atom is -0.327 e. The van der Waals surface area contributed by atoms with E-state index in [1.807, 2.05) is 13.0 Å². The third kappa shape index (κ3) is 3.84. The van der Waals surface area contributed by atoms with Crippen molar-refractivity contribution in [2.75, 3.05) is 0 Å². The molecule has 0 saturated carbocycles. The molecule has 0 amide bonds. The number of benzene rings is 1. The molecule has 15 heavy (non-hydrogen) atoms. The van der Waals surface area contributed by atoms with Crippen LogP contribution in [0.25, 0.3) is 0 Å². The lowest BCUT2D eigenvalue weighted by molar-refractivity contribution is 0.464. The summed E-state index contributed by atoms with van der Waals surface area (Å²) >= 11 is 6.06. The van der Waals surface area contributed by atoms with Gasteiger partial charge in [0.05, 0.1) is 0 Å². The minimum absolute atomic E-state index is 0.282. The summed E-state index contributed by atoms with van der Waals surface area (Å²) in [6, 6.07) is 6.53. The monoisotopic (exact) mass is 225 g/mol. The topological polar surface area (TPSA) is 26.0 Å². The molecule has 0 aliphatic carbocycles. The third-order valence-electron chi connectivity index (χ3n) is 2.86. The Balaban J connectivity index is 2.55. The van der Waals surface area contributed by atoms with Crippen molar-refractivity contribution >= 4 is 11.6 Å². The molecule has 1 aromatic carbocycles. The zero-order valence-electron chi connectivity index (χ0n) is 9.76. The second-order valence-electron chi connectivity index (χ2n) is 4.53. The first kappa shape index (κ1) is 12.5. The zero-order chi connectivity index (χ0) is 11.4. The number of nitrogens with two attached hydrogens (primary N) is 1. The van der Waals surface area contributed by atoms with Gasteiger partial charge in [0.15, 0.2) is 0 Å². The van der Waals surface area contributed by atoms with Crippen molar-refractivity contribution < 1.29 is 0 Å². The first-order valence-electron chi connectivity index (χ1n) is 5.51. The Kier molecular flexibility index (Phi) is 4.62. The molecule has 1 atom stereocenters. The Morgan fingerprint density at radius 3 is 2.53 bits per heavy atom. The highest BCUT2D eigenvalue weighted by Crippen LogP contribution is 2.18. The fraction of sp³-hybridized carbons (Fsp3) is 0.538. The lowest BCUT2D eigenvalue weighted by atomic mass is 9.97. The van der Waals surface area contributed by atoms with Crippen LogP contribution in [-0.4, -0.2) is 6.04 Å². The number of halogens is 1. The van der Waals surface area contributed by atoms with E-state index in [9.17, 15) is 0 Å². The van der Waals surface area contributed by atoms with Crippen LogP contribution >= 0.6 is 11.6 Å². The fourth-order valence-electron chi connectivity index (χ4n) is 1.46. The molecular formula is C13H20ClN. The molecule has 2 N–H and O–H groups in total. The third-order valence-corrected chi connectivity index (χ3v) is 3.27. The Morgan fingerprint density at radius 2 is 2.00 bits per heavy atom. The lowest BCUT2D eigenvalue weighted by Gasteiger charge is -2.15. The molecule has 84 valence electrons. The first-order chi connectivity index (χ1) is 7.00. The Labute approximate surface area is 97.6 Å². The van der Waals surface area contributed by atoms with Crippen molar-refractivity contribution in [3.8, 4) is 0 Å². The van der Waals surface area contributed by atoms with E-state index < -0.39 is 0 Å². The van der Waals surface area contributed by atoms with Crippen LogP contribution in [0.15, 0.2) is 18.2 Å². The number of aryl methyl sites for hydroxylation is 2. The highest BCUT2D eigenvalue weighted by molar-refractivity contribution is 6.31. The average molecular weight is 226 g/mol. The summed E-state index contributed by atoms with van der Waals surface area (Å²) in [5.74, 6) is 0.547. The van der Waals surface area contributed by atoms with E-state index >= 15 is 0 Å². The van der Waals surface area contributed by atoms with Gasteiger partial charge >= 0.3 is 0 Å². The summed E-state index contributed by atoms with van der Waals surface area (Å²) in [6.07, 6.45) is 2.04. The molecule has 0 saturated heterocycles. The molecule has 0 aromatic heterocycles. The maximum Gasteiger partial charge on any atom is 0.0437 e. The quantitative estimate of drug-likeness (QED) is 0.833. The van der Waals surface area contributed by atoms with Crippen LogP contribution in [0.4, 0.5) is 0 Å². The lowest BCUT2D eigenvalue weighted by Crippen LogP contribution is -2.26. The van der Waals surface area contributed by atoms with Crippen LogP contribution in [0.5, 0.6) is 0 Å². The van der Waals surface area contributed by atoms with E-state index in [1.54, 1.807) is 0 Å². The summed E-state index contributed by atoms with van der Waals surface area (Å²) in [6.45, 7) is 6.34. The molecule has 0 bridgehead atoms. The van der Waals surface area contributed by atoms with Gasteiger partial charge in [-0.05, 0) is 42.9 Å². The van der Waals surface area contributed by atoms with E-state index in [0.29, 0.717) is 5.92 Å². The molecule has 0 fully saturated rings. The second kappa shape index (κ2) is 5.53. The van der Waals surface area contributed by atoms with Gasteiger partial charge in [-0.1, -0.05) is 37.6 Å². The van der Waals surface area contributed by atoms with Gasteiger partial charge in [-0.3, -0.25) is 0 Å². The second-order valence-corrected chi connectivity index (χ2v) is 4.94. The molecule has 0 aliphatic heterocycles. The van der Waals surface area contributed by atoms with Gasteiger partial charge in [0.1, 0.15) is 0 Å². The van der Waals surface area contributed by atoms with E-state index in [1.165, 1.54) is 5.56 Å². The predicted octanol–water partition coefficient (Wildman–Crippen LogP) is 3.56. The van der Waals surface area contributed by atoms with E-state index in [2.05, 4.69) is 26.0 Å². The molecule has 1 rings (SSSR count). The maximum atomic E-state index is 6.06. The standard InChI is InChI=1S/C13H20ClN/c1-9(2)13(15)7-6-11-5-4-10(3)12(14)8-11/h4-5,8-9,13H,6-7,15H2,1-3H3. The summed E-state index contributed by atoms with van der Waals surface area (Å²) in [7, 11) is 0. The maximum absolute atomic E-state index is 6.06. The van der Waals surface area contributed by atoms with Crippen molar-refractivity contribution in [3.05, 3.63) is 34.3 Å². The van der Waals surface area contributed by atoms with Gasteiger partial charge in [-0.2, -0.15) is 0 Å². The summed E-state index contributed by atoms with van der Waals surface area (Å²) in [5.41, 5.74) is 8.41. The summed E-state index contributed by atoms with van der Waals surface area (Å²) in [4.78, 5) is 0. The van der Waals surface area contributed by atoms with Gasteiger partial charge in [0.2, 0.25) is 0 Å². The fourth-order valence-corrected chi connectivity index (χ4v) is 1.66. The molecule has 0 radical (unpaired) electrons. The van der Waals surface area contributed by atoms with Crippen molar-refractivity contribution in [2.45, 2.75) is 39.7 Å². The highest BCUT2D eigenvalue weighted by atomic mass is 35.5. The first-order valence-corrected chi connectivity index (χ1v) is 5.89. The Bertz CT molecular complexity index is 320. The summed E-state index contributed by atoms with van der Waals surface area (Å²) in [5, 5.41) is 0.852. The normalized spacial score (nSPS) is 13.2.